The number of aliphatic hydroxyl groups is 1. The molecule has 18 heavy (non-hydrogen) atoms. The van der Waals surface area contributed by atoms with E-state index in [4.69, 9.17) is 0 Å². The van der Waals surface area contributed by atoms with Gasteiger partial charge in [-0.1, -0.05) is 28.4 Å². The molecule has 98 valence electrons. The van der Waals surface area contributed by atoms with Crippen LogP contribution in [0, 0.1) is 24.7 Å². The zero-order chi connectivity index (χ0) is 12.7. The first-order chi connectivity index (χ1) is 8.63. The van der Waals surface area contributed by atoms with Gasteiger partial charge in [0.25, 0.3) is 0 Å². The van der Waals surface area contributed by atoms with Crippen LogP contribution in [0.2, 0.25) is 0 Å². The summed E-state index contributed by atoms with van der Waals surface area (Å²) in [7, 11) is 0. The monoisotopic (exact) mass is 308 g/mol. The first-order valence-electron chi connectivity index (χ1n) is 7.07. The number of hydrogen-bond acceptors (Lipinski definition) is 1. The van der Waals surface area contributed by atoms with Gasteiger partial charge in [0.15, 0.2) is 0 Å². The molecular formula is C16H21BrO. The average molecular weight is 309 g/mol. The lowest BCUT2D eigenvalue weighted by atomic mass is 9.83. The molecule has 0 aromatic heterocycles. The number of fused-ring (bicyclic) bond motifs is 2. The molecule has 2 fully saturated rings. The summed E-state index contributed by atoms with van der Waals surface area (Å²) in [5.74, 6) is 2.63. The molecule has 0 radical (unpaired) electrons. The number of halogens is 1. The molecule has 2 aliphatic rings. The van der Waals surface area contributed by atoms with E-state index in [9.17, 15) is 5.11 Å². The highest BCUT2D eigenvalue weighted by atomic mass is 79.9. The van der Waals surface area contributed by atoms with Crippen LogP contribution in [-0.2, 0) is 0 Å². The normalized spacial score (nSPS) is 31.8. The van der Waals surface area contributed by atoms with Crippen molar-refractivity contribution in [3.05, 3.63) is 33.8 Å². The predicted molar refractivity (Wildman–Crippen MR) is 77.4 cm³/mol. The van der Waals surface area contributed by atoms with Gasteiger partial charge in [0.2, 0.25) is 0 Å². The summed E-state index contributed by atoms with van der Waals surface area (Å²) in [6.45, 7) is 2.09. The highest BCUT2D eigenvalue weighted by Gasteiger charge is 2.40. The molecule has 1 nitrogen and oxygen atoms in total. The quantitative estimate of drug-likeness (QED) is 0.864. The van der Waals surface area contributed by atoms with Crippen LogP contribution in [0.15, 0.2) is 22.7 Å². The van der Waals surface area contributed by atoms with Crippen LogP contribution >= 0.6 is 15.9 Å². The predicted octanol–water partition coefficient (Wildman–Crippen LogP) is 4.62. The van der Waals surface area contributed by atoms with Gasteiger partial charge in [-0.05, 0) is 73.6 Å². The van der Waals surface area contributed by atoms with E-state index < -0.39 is 0 Å². The molecule has 2 bridgehead atoms. The maximum atomic E-state index is 10.5. The second-order valence-electron chi connectivity index (χ2n) is 6.19. The van der Waals surface area contributed by atoms with Gasteiger partial charge < -0.3 is 5.11 Å². The fraction of sp³-hybridized carbons (Fsp3) is 0.625. The van der Waals surface area contributed by atoms with Crippen LogP contribution in [0.3, 0.4) is 0 Å². The molecule has 0 amide bonds. The minimum absolute atomic E-state index is 0.285. The summed E-state index contributed by atoms with van der Waals surface area (Å²) in [6.07, 6.45) is 6.29. The average Bonchev–Trinajstić information content (AvgIpc) is 2.94. The molecule has 2 aliphatic carbocycles. The van der Waals surface area contributed by atoms with Gasteiger partial charge in [0.05, 0.1) is 6.10 Å². The minimum atomic E-state index is -0.285. The molecule has 4 unspecified atom stereocenters. The van der Waals surface area contributed by atoms with Crippen molar-refractivity contribution in [3.63, 3.8) is 0 Å². The van der Waals surface area contributed by atoms with Gasteiger partial charge >= 0.3 is 0 Å². The minimum Gasteiger partial charge on any atom is -0.388 e. The van der Waals surface area contributed by atoms with Crippen LogP contribution in [0.5, 0.6) is 0 Å². The number of benzene rings is 1. The van der Waals surface area contributed by atoms with Crippen LogP contribution in [0.4, 0.5) is 0 Å². The second kappa shape index (κ2) is 4.97. The van der Waals surface area contributed by atoms with Crippen LogP contribution in [0.25, 0.3) is 0 Å². The van der Waals surface area contributed by atoms with Crippen LogP contribution in [-0.4, -0.2) is 5.11 Å². The van der Waals surface area contributed by atoms with Crippen molar-refractivity contribution in [3.8, 4) is 0 Å². The molecular weight excluding hydrogens is 288 g/mol. The summed E-state index contributed by atoms with van der Waals surface area (Å²) < 4.78 is 1.06. The fourth-order valence-corrected chi connectivity index (χ4v) is 4.43. The van der Waals surface area contributed by atoms with E-state index in [0.29, 0.717) is 0 Å². The van der Waals surface area contributed by atoms with Gasteiger partial charge in [0.1, 0.15) is 0 Å². The zero-order valence-corrected chi connectivity index (χ0v) is 12.5. The Morgan fingerprint density at radius 1 is 1.33 bits per heavy atom. The summed E-state index contributed by atoms with van der Waals surface area (Å²) in [4.78, 5) is 0. The van der Waals surface area contributed by atoms with E-state index in [1.54, 1.807) is 0 Å². The van der Waals surface area contributed by atoms with Crippen molar-refractivity contribution in [1.82, 2.24) is 0 Å². The van der Waals surface area contributed by atoms with Crippen molar-refractivity contribution in [2.24, 2.45) is 17.8 Å². The Kier molecular flexibility index (Phi) is 3.50. The van der Waals surface area contributed by atoms with Crippen molar-refractivity contribution in [2.75, 3.05) is 0 Å². The van der Waals surface area contributed by atoms with Crippen molar-refractivity contribution in [2.45, 2.75) is 45.1 Å². The summed E-state index contributed by atoms with van der Waals surface area (Å²) in [5.41, 5.74) is 2.31. The van der Waals surface area contributed by atoms with Gasteiger partial charge in [-0.25, -0.2) is 0 Å². The Labute approximate surface area is 118 Å². The maximum Gasteiger partial charge on any atom is 0.0795 e. The first-order valence-corrected chi connectivity index (χ1v) is 7.87. The van der Waals surface area contributed by atoms with Gasteiger partial charge in [-0.2, -0.15) is 0 Å². The summed E-state index contributed by atoms with van der Waals surface area (Å²) in [5, 5.41) is 10.5. The highest BCUT2D eigenvalue weighted by Crippen LogP contribution is 2.51. The molecule has 2 saturated carbocycles. The molecule has 2 heteroatoms. The van der Waals surface area contributed by atoms with Gasteiger partial charge in [0, 0.05) is 4.47 Å². The molecule has 0 heterocycles. The molecule has 0 aliphatic heterocycles. The fourth-order valence-electron chi connectivity index (χ4n) is 4.05. The lowest BCUT2D eigenvalue weighted by Crippen LogP contribution is -2.14. The van der Waals surface area contributed by atoms with E-state index in [0.717, 1.165) is 34.2 Å². The van der Waals surface area contributed by atoms with E-state index in [1.807, 2.05) is 6.07 Å². The highest BCUT2D eigenvalue weighted by molar-refractivity contribution is 9.10. The van der Waals surface area contributed by atoms with Gasteiger partial charge in [-0.15, -0.1) is 0 Å². The van der Waals surface area contributed by atoms with E-state index in [1.165, 1.54) is 31.2 Å². The molecule has 0 saturated heterocycles. The zero-order valence-electron chi connectivity index (χ0n) is 10.9. The topological polar surface area (TPSA) is 20.2 Å². The third-order valence-corrected chi connectivity index (χ3v) is 5.50. The number of hydrogen-bond donors (Lipinski definition) is 1. The Bertz CT molecular complexity index is 443. The van der Waals surface area contributed by atoms with E-state index in [2.05, 4.69) is 35.0 Å². The SMILES string of the molecule is Cc1ccc(Br)cc1C(O)CC1CC2CCC1C2. The number of rotatable bonds is 3. The summed E-state index contributed by atoms with van der Waals surface area (Å²) >= 11 is 3.50. The Balaban J connectivity index is 1.71. The van der Waals surface area contributed by atoms with E-state index >= 15 is 0 Å². The standard InChI is InChI=1S/C16H21BrO/c1-10-2-5-14(17)9-15(10)16(18)8-13-7-11-3-4-12(13)6-11/h2,5,9,11-13,16,18H,3-4,6-8H2,1H3. The number of aliphatic hydroxyl groups excluding tert-OH is 1. The van der Waals surface area contributed by atoms with E-state index in [-0.39, 0.29) is 6.10 Å². The molecule has 4 atom stereocenters. The maximum absolute atomic E-state index is 10.5. The molecule has 1 aromatic carbocycles. The lowest BCUT2D eigenvalue weighted by Gasteiger charge is -2.25. The third-order valence-electron chi connectivity index (χ3n) is 5.01. The smallest absolute Gasteiger partial charge is 0.0795 e. The second-order valence-corrected chi connectivity index (χ2v) is 7.10. The van der Waals surface area contributed by atoms with Gasteiger partial charge in [-0.3, -0.25) is 0 Å². The molecule has 3 rings (SSSR count). The largest absolute Gasteiger partial charge is 0.388 e. The number of aryl methyl sites for hydroxylation is 1. The Hall–Kier alpha value is -0.340. The molecule has 0 spiro atoms. The van der Waals surface area contributed by atoms with Crippen LogP contribution in [0.1, 0.15) is 49.3 Å². The lowest BCUT2D eigenvalue weighted by molar-refractivity contribution is 0.125. The van der Waals surface area contributed by atoms with Crippen LogP contribution < -0.4 is 0 Å². The Morgan fingerprint density at radius 2 is 2.17 bits per heavy atom. The molecule has 1 aromatic rings. The Morgan fingerprint density at radius 3 is 2.83 bits per heavy atom. The summed E-state index contributed by atoms with van der Waals surface area (Å²) in [6, 6.07) is 6.21. The van der Waals surface area contributed by atoms with Crippen molar-refractivity contribution >= 4 is 15.9 Å². The molecule has 1 N–H and O–H groups in total. The first kappa shape index (κ1) is 12.7. The third kappa shape index (κ3) is 2.37. The van der Waals surface area contributed by atoms with Crippen molar-refractivity contribution in [1.29, 1.82) is 0 Å². The van der Waals surface area contributed by atoms with Crippen molar-refractivity contribution < 1.29 is 5.11 Å².